The Balaban J connectivity index is 1.32. The normalized spacial score (nSPS) is 31.9. The topological polar surface area (TPSA) is 76.6 Å². The number of nitrogens with zero attached hydrogens (tertiary/aromatic N) is 5. The molecule has 0 unspecified atom stereocenters. The highest BCUT2D eigenvalue weighted by molar-refractivity contribution is 6.30. The number of halogens is 1. The molecule has 0 spiro atoms. The Morgan fingerprint density at radius 3 is 2.14 bits per heavy atom. The van der Waals surface area contributed by atoms with Gasteiger partial charge in [-0.15, -0.1) is 0 Å². The minimum absolute atomic E-state index is 0.0159. The third-order valence-electron chi connectivity index (χ3n) is 12.3. The monoisotopic (exact) mass is 697 g/mol. The van der Waals surface area contributed by atoms with Gasteiger partial charge in [0.15, 0.2) is 0 Å². The summed E-state index contributed by atoms with van der Waals surface area (Å²) in [6.07, 6.45) is 5.79. The molecule has 6 rings (SSSR count). The third-order valence-corrected chi connectivity index (χ3v) is 12.6. The minimum atomic E-state index is -0.583. The summed E-state index contributed by atoms with van der Waals surface area (Å²) in [5.41, 5.74) is 0.991. The molecule has 9 nitrogen and oxygen atoms in total. The summed E-state index contributed by atoms with van der Waals surface area (Å²) in [6, 6.07) is 7.67. The summed E-state index contributed by atoms with van der Waals surface area (Å²) < 4.78 is 5.97. The third kappa shape index (κ3) is 8.00. The molecule has 5 fully saturated rings. The van der Waals surface area contributed by atoms with Crippen molar-refractivity contribution in [2.75, 3.05) is 52.4 Å². The number of carbonyl (C=O) groups excluding carboxylic acids is 3. The van der Waals surface area contributed by atoms with Gasteiger partial charge in [0.05, 0.1) is 12.0 Å². The molecule has 49 heavy (non-hydrogen) atoms. The molecule has 3 amide bonds. The molecule has 10 heteroatoms. The number of ether oxygens (including phenoxy) is 1. The zero-order valence-electron chi connectivity index (χ0n) is 30.8. The summed E-state index contributed by atoms with van der Waals surface area (Å²) >= 11 is 6.29. The maximum Gasteiger partial charge on any atom is 0.252 e. The Kier molecular flexibility index (Phi) is 11.3. The Bertz CT molecular complexity index is 1310. The van der Waals surface area contributed by atoms with E-state index in [-0.39, 0.29) is 47.2 Å². The molecule has 0 aromatic heterocycles. The van der Waals surface area contributed by atoms with Crippen molar-refractivity contribution in [2.24, 2.45) is 11.8 Å². The van der Waals surface area contributed by atoms with Crippen molar-refractivity contribution < 1.29 is 19.1 Å². The first-order chi connectivity index (χ1) is 23.3. The van der Waals surface area contributed by atoms with Gasteiger partial charge in [-0.2, -0.15) is 0 Å². The molecule has 1 aliphatic carbocycles. The number of hydrogen-bond donors (Lipinski definition) is 0. The zero-order valence-corrected chi connectivity index (χ0v) is 31.5. The summed E-state index contributed by atoms with van der Waals surface area (Å²) in [7, 11) is 0. The van der Waals surface area contributed by atoms with Crippen LogP contribution in [-0.2, 0) is 19.1 Å². The van der Waals surface area contributed by atoms with E-state index in [9.17, 15) is 9.59 Å². The second-order valence-corrected chi connectivity index (χ2v) is 17.3. The van der Waals surface area contributed by atoms with Crippen molar-refractivity contribution in [3.8, 4) is 0 Å². The van der Waals surface area contributed by atoms with E-state index in [2.05, 4.69) is 68.4 Å². The highest BCUT2D eigenvalue weighted by atomic mass is 35.5. The Morgan fingerprint density at radius 1 is 0.878 bits per heavy atom. The maximum atomic E-state index is 15.1. The Hall–Kier alpha value is -2.20. The van der Waals surface area contributed by atoms with Gasteiger partial charge < -0.3 is 19.4 Å². The molecule has 0 radical (unpaired) electrons. The lowest BCUT2D eigenvalue weighted by Crippen LogP contribution is -2.56. The first-order valence-electron chi connectivity index (χ1n) is 19.1. The fraction of sp³-hybridized carbons (Fsp3) is 0.769. The van der Waals surface area contributed by atoms with Crippen LogP contribution in [0.1, 0.15) is 98.0 Å². The SMILES string of the molecule is CC1CCC(N(C(=O)[C@@H]2CCCO2)[C@H]2C[C@@H](C(=O)N3CCN(C(C)C)CC3)N(C(=O)[C@H]3CN(C(C)(C)C)C[C@H]3c3ccc(Cl)cc3)C2)CC1. The van der Waals surface area contributed by atoms with Crippen LogP contribution in [0.5, 0.6) is 0 Å². The van der Waals surface area contributed by atoms with Gasteiger partial charge in [0.2, 0.25) is 11.8 Å². The quantitative estimate of drug-likeness (QED) is 0.387. The van der Waals surface area contributed by atoms with E-state index in [1.807, 2.05) is 21.9 Å². The summed E-state index contributed by atoms with van der Waals surface area (Å²) in [5, 5.41) is 0.677. The molecule has 4 aliphatic heterocycles. The number of amides is 3. The van der Waals surface area contributed by atoms with Crippen molar-refractivity contribution >= 4 is 29.3 Å². The first-order valence-corrected chi connectivity index (χ1v) is 19.5. The highest BCUT2D eigenvalue weighted by Crippen LogP contribution is 2.40. The van der Waals surface area contributed by atoms with Crippen molar-refractivity contribution in [1.82, 2.24) is 24.5 Å². The van der Waals surface area contributed by atoms with Crippen LogP contribution >= 0.6 is 11.6 Å². The van der Waals surface area contributed by atoms with Gasteiger partial charge >= 0.3 is 0 Å². The van der Waals surface area contributed by atoms with Crippen LogP contribution in [0, 0.1) is 11.8 Å². The van der Waals surface area contributed by atoms with Crippen molar-refractivity contribution in [1.29, 1.82) is 0 Å². The molecular weight excluding hydrogens is 638 g/mol. The van der Waals surface area contributed by atoms with Crippen LogP contribution in [0.4, 0.5) is 0 Å². The molecule has 1 aromatic rings. The van der Waals surface area contributed by atoms with Crippen LogP contribution in [-0.4, -0.2) is 130 Å². The molecule has 5 atom stereocenters. The van der Waals surface area contributed by atoms with Gasteiger partial charge in [0, 0.05) is 81.0 Å². The van der Waals surface area contributed by atoms with E-state index in [0.29, 0.717) is 56.2 Å². The zero-order chi connectivity index (χ0) is 35.0. The average molecular weight is 698 g/mol. The maximum absolute atomic E-state index is 15.1. The predicted molar refractivity (Wildman–Crippen MR) is 193 cm³/mol. The highest BCUT2D eigenvalue weighted by Gasteiger charge is 2.51. The van der Waals surface area contributed by atoms with Crippen LogP contribution in [0.25, 0.3) is 0 Å². The van der Waals surface area contributed by atoms with E-state index in [1.54, 1.807) is 0 Å². The number of carbonyl (C=O) groups is 3. The standard InChI is InChI=1S/C39H60ClN5O4/c1-26(2)41-17-19-42(20-18-41)37(47)34-22-31(45(30-15-9-27(3)10-16-30)38(48)35-8-7-21-49-35)23-44(34)36(46)33-25-43(39(4,5)6)24-32(33)28-11-13-29(40)14-12-28/h11-14,26-27,30-35H,7-10,15-25H2,1-6H3/t27?,30?,31-,32-,33-,34-,35-/m0/s1. The predicted octanol–water partition coefficient (Wildman–Crippen LogP) is 5.26. The van der Waals surface area contributed by atoms with Crippen molar-refractivity contribution in [3.63, 3.8) is 0 Å². The van der Waals surface area contributed by atoms with Crippen LogP contribution in [0.2, 0.25) is 5.02 Å². The molecule has 4 saturated heterocycles. The molecule has 4 heterocycles. The lowest BCUT2D eigenvalue weighted by atomic mass is 9.85. The fourth-order valence-electron chi connectivity index (χ4n) is 9.14. The smallest absolute Gasteiger partial charge is 0.252 e. The minimum Gasteiger partial charge on any atom is -0.368 e. The van der Waals surface area contributed by atoms with E-state index >= 15 is 4.79 Å². The van der Waals surface area contributed by atoms with Gasteiger partial charge in [-0.1, -0.05) is 30.7 Å². The van der Waals surface area contributed by atoms with Crippen LogP contribution < -0.4 is 0 Å². The number of hydrogen-bond acceptors (Lipinski definition) is 6. The first kappa shape index (κ1) is 36.6. The lowest BCUT2D eigenvalue weighted by Gasteiger charge is -2.41. The van der Waals surface area contributed by atoms with E-state index in [1.165, 1.54) is 0 Å². The second kappa shape index (κ2) is 15.2. The van der Waals surface area contributed by atoms with Crippen LogP contribution in [0.3, 0.4) is 0 Å². The van der Waals surface area contributed by atoms with Crippen LogP contribution in [0.15, 0.2) is 24.3 Å². The van der Waals surface area contributed by atoms with Crippen molar-refractivity contribution in [3.05, 3.63) is 34.9 Å². The Morgan fingerprint density at radius 2 is 1.55 bits per heavy atom. The number of rotatable bonds is 7. The molecule has 0 N–H and O–H groups in total. The summed E-state index contributed by atoms with van der Waals surface area (Å²) in [6.45, 7) is 18.7. The van der Waals surface area contributed by atoms with Gasteiger partial charge in [-0.05, 0) is 103 Å². The lowest BCUT2D eigenvalue weighted by molar-refractivity contribution is -0.148. The molecule has 5 aliphatic rings. The fourth-order valence-corrected chi connectivity index (χ4v) is 9.27. The van der Waals surface area contributed by atoms with Gasteiger partial charge in [-0.3, -0.25) is 24.2 Å². The van der Waals surface area contributed by atoms with E-state index in [4.69, 9.17) is 16.3 Å². The average Bonchev–Trinajstić information content (AvgIpc) is 3.86. The number of piperazine rings is 1. The molecule has 1 saturated carbocycles. The van der Waals surface area contributed by atoms with E-state index < -0.39 is 12.1 Å². The molecule has 0 bridgehead atoms. The molecule has 272 valence electrons. The summed E-state index contributed by atoms with van der Waals surface area (Å²) in [5.74, 6) is 0.467. The van der Waals surface area contributed by atoms with Crippen molar-refractivity contribution in [2.45, 2.75) is 128 Å². The van der Waals surface area contributed by atoms with Gasteiger partial charge in [0.25, 0.3) is 5.91 Å². The second-order valence-electron chi connectivity index (χ2n) is 16.9. The molecular formula is C39H60ClN5O4. The largest absolute Gasteiger partial charge is 0.368 e. The number of benzene rings is 1. The van der Waals surface area contributed by atoms with Gasteiger partial charge in [-0.25, -0.2) is 0 Å². The summed E-state index contributed by atoms with van der Waals surface area (Å²) in [4.78, 5) is 54.8. The number of likely N-dealkylation sites (tertiary alicyclic amines) is 2. The van der Waals surface area contributed by atoms with Gasteiger partial charge in [0.1, 0.15) is 12.1 Å². The Labute approximate surface area is 299 Å². The van der Waals surface area contributed by atoms with E-state index in [0.717, 1.165) is 63.7 Å². The molecule has 1 aromatic carbocycles.